The van der Waals surface area contributed by atoms with Crippen molar-refractivity contribution >= 4 is 46.5 Å². The van der Waals surface area contributed by atoms with Crippen LogP contribution in [0.2, 0.25) is 0 Å². The van der Waals surface area contributed by atoms with Crippen LogP contribution < -0.4 is 4.90 Å². The zero-order valence-corrected chi connectivity index (χ0v) is 15.1. The molecule has 0 radical (unpaired) electrons. The van der Waals surface area contributed by atoms with Gasteiger partial charge < -0.3 is 4.90 Å². The number of anilines is 1. The summed E-state index contributed by atoms with van der Waals surface area (Å²) in [5.41, 5.74) is 2.30. The van der Waals surface area contributed by atoms with Gasteiger partial charge in [-0.2, -0.15) is 0 Å². The Morgan fingerprint density at radius 1 is 1.36 bits per heavy atom. The maximum atomic E-state index is 12.9. The number of para-hydroxylation sites is 1. The summed E-state index contributed by atoms with van der Waals surface area (Å²) in [4.78, 5) is 14.8. The zero-order chi connectivity index (χ0) is 15.7. The average molecular weight is 352 g/mol. The Balaban J connectivity index is 1.75. The Kier molecular flexibility index (Phi) is 4.75. The monoisotopic (exact) mass is 351 g/mol. The van der Waals surface area contributed by atoms with Crippen molar-refractivity contribution in [2.75, 3.05) is 11.2 Å². The van der Waals surface area contributed by atoms with Gasteiger partial charge in [0.25, 0.3) is 0 Å². The second-order valence-electron chi connectivity index (χ2n) is 5.19. The molecule has 116 valence electrons. The molecule has 2 unspecified atom stereocenters. The molecule has 0 saturated heterocycles. The molecule has 0 N–H and O–H groups in total. The normalized spacial score (nSPS) is 18.3. The number of thioether (sulfide) groups is 2. The summed E-state index contributed by atoms with van der Waals surface area (Å²) < 4.78 is 1.78. The highest BCUT2D eigenvalue weighted by molar-refractivity contribution is 8.03. The van der Waals surface area contributed by atoms with E-state index in [2.05, 4.69) is 23.2 Å². The van der Waals surface area contributed by atoms with Crippen molar-refractivity contribution in [2.45, 2.75) is 40.2 Å². The molecule has 2 aromatic rings. The van der Waals surface area contributed by atoms with Crippen LogP contribution in [0, 0.1) is 0 Å². The minimum atomic E-state index is -0.170. The van der Waals surface area contributed by atoms with E-state index in [1.807, 2.05) is 36.3 Å². The van der Waals surface area contributed by atoms with Crippen molar-refractivity contribution in [1.82, 2.24) is 10.2 Å². The van der Waals surface area contributed by atoms with Gasteiger partial charge in [0.05, 0.1) is 5.25 Å². The second kappa shape index (κ2) is 6.60. The SMILES string of the molecule is CSc1nnc(SC(C)C(=O)N2c3ccccc3CC2C)s1. The molecule has 0 fully saturated rings. The Morgan fingerprint density at radius 2 is 2.09 bits per heavy atom. The first kappa shape index (κ1) is 15.8. The van der Waals surface area contributed by atoms with E-state index >= 15 is 0 Å². The van der Waals surface area contributed by atoms with Crippen molar-refractivity contribution in [3.63, 3.8) is 0 Å². The Bertz CT molecular complexity index is 688. The van der Waals surface area contributed by atoms with Crippen LogP contribution in [0.25, 0.3) is 0 Å². The molecule has 2 heterocycles. The Morgan fingerprint density at radius 3 is 2.82 bits per heavy atom. The van der Waals surface area contributed by atoms with E-state index in [1.54, 1.807) is 23.1 Å². The van der Waals surface area contributed by atoms with E-state index in [0.29, 0.717) is 0 Å². The number of hydrogen-bond donors (Lipinski definition) is 0. The van der Waals surface area contributed by atoms with Crippen LogP contribution in [0.5, 0.6) is 0 Å². The second-order valence-corrected chi connectivity index (χ2v) is 8.81. The Hall–Kier alpha value is -1.05. The highest BCUT2D eigenvalue weighted by Gasteiger charge is 2.33. The van der Waals surface area contributed by atoms with Gasteiger partial charge in [0.1, 0.15) is 0 Å². The first-order chi connectivity index (χ1) is 10.6. The van der Waals surface area contributed by atoms with Gasteiger partial charge in [-0.15, -0.1) is 10.2 Å². The molecule has 0 spiro atoms. The number of fused-ring (bicyclic) bond motifs is 1. The van der Waals surface area contributed by atoms with Gasteiger partial charge in [-0.05, 0) is 38.2 Å². The molecule has 0 aliphatic carbocycles. The van der Waals surface area contributed by atoms with Crippen molar-refractivity contribution in [3.8, 4) is 0 Å². The lowest BCUT2D eigenvalue weighted by Gasteiger charge is -2.25. The lowest BCUT2D eigenvalue weighted by Crippen LogP contribution is -2.40. The summed E-state index contributed by atoms with van der Waals surface area (Å²) in [6.07, 6.45) is 2.90. The standard InChI is InChI=1S/C15H17N3OS3/c1-9-8-11-6-4-5-7-12(11)18(9)13(19)10(2)21-15-17-16-14(20-3)22-15/h4-7,9-10H,8H2,1-3H3. The number of nitrogens with zero attached hydrogens (tertiary/aromatic N) is 3. The summed E-state index contributed by atoms with van der Waals surface area (Å²) in [6.45, 7) is 4.05. The van der Waals surface area contributed by atoms with Crippen molar-refractivity contribution in [2.24, 2.45) is 0 Å². The molecule has 1 aliphatic rings. The Labute approximate surface area is 142 Å². The molecule has 4 nitrogen and oxygen atoms in total. The topological polar surface area (TPSA) is 46.1 Å². The number of benzene rings is 1. The lowest BCUT2D eigenvalue weighted by molar-refractivity contribution is -0.118. The number of amides is 1. The van der Waals surface area contributed by atoms with Gasteiger partial charge in [-0.3, -0.25) is 4.79 Å². The molecule has 0 saturated carbocycles. The van der Waals surface area contributed by atoms with E-state index in [0.717, 1.165) is 20.8 Å². The molecule has 0 bridgehead atoms. The number of carbonyl (C=O) groups is 1. The molecule has 2 atom stereocenters. The third kappa shape index (κ3) is 3.02. The molecule has 1 aliphatic heterocycles. The van der Waals surface area contributed by atoms with Crippen LogP contribution in [0.15, 0.2) is 32.9 Å². The fourth-order valence-electron chi connectivity index (χ4n) is 2.63. The third-order valence-electron chi connectivity index (χ3n) is 3.63. The molecular formula is C15H17N3OS3. The quantitative estimate of drug-likeness (QED) is 0.786. The number of carbonyl (C=O) groups excluding carboxylic acids is 1. The van der Waals surface area contributed by atoms with Crippen molar-refractivity contribution < 1.29 is 4.79 Å². The van der Waals surface area contributed by atoms with Crippen LogP contribution >= 0.6 is 34.9 Å². The predicted molar refractivity (Wildman–Crippen MR) is 94.1 cm³/mol. The molecule has 22 heavy (non-hydrogen) atoms. The van der Waals surface area contributed by atoms with Gasteiger partial charge in [0, 0.05) is 11.7 Å². The van der Waals surface area contributed by atoms with Crippen LogP contribution in [-0.2, 0) is 11.2 Å². The van der Waals surface area contributed by atoms with E-state index < -0.39 is 0 Å². The van der Waals surface area contributed by atoms with Crippen molar-refractivity contribution in [1.29, 1.82) is 0 Å². The molecule has 1 aromatic heterocycles. The van der Waals surface area contributed by atoms with Crippen LogP contribution in [0.4, 0.5) is 5.69 Å². The molecule has 7 heteroatoms. The van der Waals surface area contributed by atoms with Crippen LogP contribution in [0.3, 0.4) is 0 Å². The minimum absolute atomic E-state index is 0.142. The smallest absolute Gasteiger partial charge is 0.240 e. The largest absolute Gasteiger partial charge is 0.308 e. The fraction of sp³-hybridized carbons (Fsp3) is 0.400. The summed E-state index contributed by atoms with van der Waals surface area (Å²) in [6, 6.07) is 8.37. The van der Waals surface area contributed by atoms with E-state index in [9.17, 15) is 4.79 Å². The van der Waals surface area contributed by atoms with Gasteiger partial charge >= 0.3 is 0 Å². The number of aromatic nitrogens is 2. The molecular weight excluding hydrogens is 334 g/mol. The van der Waals surface area contributed by atoms with Gasteiger partial charge in [0.2, 0.25) is 5.91 Å². The maximum Gasteiger partial charge on any atom is 0.240 e. The lowest BCUT2D eigenvalue weighted by atomic mass is 10.1. The van der Waals surface area contributed by atoms with E-state index in [1.165, 1.54) is 17.3 Å². The number of hydrogen-bond acceptors (Lipinski definition) is 6. The van der Waals surface area contributed by atoms with E-state index in [4.69, 9.17) is 0 Å². The van der Waals surface area contributed by atoms with Gasteiger partial charge in [-0.1, -0.05) is 53.1 Å². The predicted octanol–water partition coefficient (Wildman–Crippen LogP) is 3.72. The molecule has 3 rings (SSSR count). The minimum Gasteiger partial charge on any atom is -0.308 e. The summed E-state index contributed by atoms with van der Waals surface area (Å²) in [5, 5.41) is 8.05. The van der Waals surface area contributed by atoms with Gasteiger partial charge in [0.15, 0.2) is 8.68 Å². The molecule has 1 amide bonds. The first-order valence-electron chi connectivity index (χ1n) is 7.05. The molecule has 1 aromatic carbocycles. The highest BCUT2D eigenvalue weighted by Crippen LogP contribution is 2.36. The maximum absolute atomic E-state index is 12.9. The highest BCUT2D eigenvalue weighted by atomic mass is 32.2. The number of rotatable bonds is 4. The van der Waals surface area contributed by atoms with Gasteiger partial charge in [-0.25, -0.2) is 0 Å². The van der Waals surface area contributed by atoms with Crippen LogP contribution in [0.1, 0.15) is 19.4 Å². The first-order valence-corrected chi connectivity index (χ1v) is 9.97. The zero-order valence-electron chi connectivity index (χ0n) is 12.6. The van der Waals surface area contributed by atoms with Crippen molar-refractivity contribution in [3.05, 3.63) is 29.8 Å². The third-order valence-corrected chi connectivity index (χ3v) is 6.70. The van der Waals surface area contributed by atoms with E-state index in [-0.39, 0.29) is 17.2 Å². The fourth-order valence-corrected chi connectivity index (χ4v) is 5.26. The summed E-state index contributed by atoms with van der Waals surface area (Å²) in [5.74, 6) is 0.142. The summed E-state index contributed by atoms with van der Waals surface area (Å²) in [7, 11) is 0. The average Bonchev–Trinajstić information content (AvgIpc) is 3.09. The van der Waals surface area contributed by atoms with Crippen LogP contribution in [-0.4, -0.2) is 33.7 Å². The summed E-state index contributed by atoms with van der Waals surface area (Å²) >= 11 is 4.61.